The van der Waals surface area contributed by atoms with Gasteiger partial charge in [0.2, 0.25) is 10.0 Å². The Bertz CT molecular complexity index is 907. The quantitative estimate of drug-likeness (QED) is 0.790. The molecule has 2 aromatic rings. The highest BCUT2D eigenvalue weighted by atomic mass is 32.2. The van der Waals surface area contributed by atoms with Crippen LogP contribution in [-0.2, 0) is 19.9 Å². The maximum atomic E-state index is 13.0. The van der Waals surface area contributed by atoms with Crippen molar-refractivity contribution in [3.63, 3.8) is 0 Å². The second-order valence-electron chi connectivity index (χ2n) is 5.95. The van der Waals surface area contributed by atoms with Gasteiger partial charge in [-0.05, 0) is 29.8 Å². The van der Waals surface area contributed by atoms with E-state index >= 15 is 0 Å². The van der Waals surface area contributed by atoms with Crippen molar-refractivity contribution in [1.29, 1.82) is 0 Å². The van der Waals surface area contributed by atoms with E-state index < -0.39 is 25.1 Å². The maximum absolute atomic E-state index is 13.0. The van der Waals surface area contributed by atoms with Crippen molar-refractivity contribution >= 4 is 25.5 Å². The fourth-order valence-electron chi connectivity index (χ4n) is 2.40. The zero-order chi connectivity index (χ0) is 18.7. The van der Waals surface area contributed by atoms with E-state index in [2.05, 4.69) is 4.72 Å². The fourth-order valence-corrected chi connectivity index (χ4v) is 4.65. The molecule has 25 heavy (non-hydrogen) atoms. The molecule has 0 saturated heterocycles. The normalized spacial score (nSPS) is 13.4. The Morgan fingerprint density at radius 3 is 1.96 bits per heavy atom. The Labute approximate surface area is 149 Å². The van der Waals surface area contributed by atoms with Crippen molar-refractivity contribution in [3.8, 4) is 0 Å². The molecule has 0 saturated carbocycles. The number of sulfonamides is 1. The molecule has 0 radical (unpaired) electrons. The average molecular weight is 383 g/mol. The molecular formula is C17H22N2O4S2. The Morgan fingerprint density at radius 2 is 1.48 bits per heavy atom. The molecule has 0 heterocycles. The van der Waals surface area contributed by atoms with Crippen LogP contribution in [0.1, 0.15) is 10.8 Å². The van der Waals surface area contributed by atoms with Crippen molar-refractivity contribution in [3.05, 3.63) is 60.2 Å². The van der Waals surface area contributed by atoms with Crippen LogP contribution in [0, 0.1) is 0 Å². The van der Waals surface area contributed by atoms with Gasteiger partial charge in [-0.15, -0.1) is 0 Å². The number of benzene rings is 2. The van der Waals surface area contributed by atoms with Gasteiger partial charge in [0.05, 0.1) is 11.2 Å². The number of nitrogens with zero attached hydrogens (tertiary/aromatic N) is 1. The van der Waals surface area contributed by atoms with E-state index in [1.54, 1.807) is 30.3 Å². The molecule has 136 valence electrons. The minimum absolute atomic E-state index is 0.159. The van der Waals surface area contributed by atoms with Gasteiger partial charge in [-0.1, -0.05) is 30.3 Å². The Balaban J connectivity index is 2.46. The molecule has 2 rings (SSSR count). The zero-order valence-corrected chi connectivity index (χ0v) is 16.0. The summed E-state index contributed by atoms with van der Waals surface area (Å²) in [6, 6.07) is 15.1. The summed E-state index contributed by atoms with van der Waals surface area (Å²) in [7, 11) is -3.49. The zero-order valence-electron chi connectivity index (χ0n) is 14.4. The van der Waals surface area contributed by atoms with Crippen molar-refractivity contribution < 1.29 is 16.8 Å². The lowest BCUT2D eigenvalue weighted by molar-refractivity contribution is 0.571. The first-order valence-corrected chi connectivity index (χ1v) is 11.1. The molecule has 2 aromatic carbocycles. The van der Waals surface area contributed by atoms with Crippen molar-refractivity contribution in [1.82, 2.24) is 4.72 Å². The highest BCUT2D eigenvalue weighted by molar-refractivity contribution is 7.92. The molecule has 0 aliphatic carbocycles. The average Bonchev–Trinajstić information content (AvgIpc) is 2.55. The van der Waals surface area contributed by atoms with E-state index in [-0.39, 0.29) is 11.4 Å². The summed E-state index contributed by atoms with van der Waals surface area (Å²) in [5.41, 5.74) is 1.46. The van der Waals surface area contributed by atoms with E-state index in [0.29, 0.717) is 5.56 Å². The Hall–Kier alpha value is -1.90. The number of sulfone groups is 1. The van der Waals surface area contributed by atoms with Crippen LogP contribution >= 0.6 is 0 Å². The predicted octanol–water partition coefficient (Wildman–Crippen LogP) is 1.82. The van der Waals surface area contributed by atoms with E-state index in [1.807, 2.05) is 31.1 Å². The molecule has 0 fully saturated rings. The first kappa shape index (κ1) is 19.4. The van der Waals surface area contributed by atoms with Crippen LogP contribution in [-0.4, -0.2) is 43.7 Å². The second kappa shape index (κ2) is 7.55. The summed E-state index contributed by atoms with van der Waals surface area (Å²) >= 11 is 0. The van der Waals surface area contributed by atoms with Gasteiger partial charge in [0.25, 0.3) is 0 Å². The molecule has 0 unspecified atom stereocenters. The van der Waals surface area contributed by atoms with Gasteiger partial charge in [-0.25, -0.2) is 21.6 Å². The van der Waals surface area contributed by atoms with E-state index in [4.69, 9.17) is 0 Å². The second-order valence-corrected chi connectivity index (χ2v) is 9.92. The maximum Gasteiger partial charge on any atom is 0.208 e. The van der Waals surface area contributed by atoms with E-state index in [9.17, 15) is 16.8 Å². The van der Waals surface area contributed by atoms with Crippen molar-refractivity contribution in [2.45, 2.75) is 10.1 Å². The molecule has 6 nitrogen and oxygen atoms in total. The Kier molecular flexibility index (Phi) is 5.87. The van der Waals surface area contributed by atoms with Gasteiger partial charge in [0.15, 0.2) is 9.84 Å². The largest absolute Gasteiger partial charge is 0.378 e. The van der Waals surface area contributed by atoms with E-state index in [1.165, 1.54) is 12.1 Å². The van der Waals surface area contributed by atoms with Gasteiger partial charge in [-0.2, -0.15) is 0 Å². The fraction of sp³-hybridized carbons (Fsp3) is 0.294. The van der Waals surface area contributed by atoms with Crippen LogP contribution in [0.4, 0.5) is 5.69 Å². The molecule has 0 spiro atoms. The molecule has 1 N–H and O–H groups in total. The van der Waals surface area contributed by atoms with Crippen LogP contribution in [0.3, 0.4) is 0 Å². The third-order valence-electron chi connectivity index (χ3n) is 3.76. The summed E-state index contributed by atoms with van der Waals surface area (Å²) in [4.78, 5) is 2.06. The number of nitrogens with one attached hydrogen (secondary N) is 1. The number of hydrogen-bond acceptors (Lipinski definition) is 5. The third-order valence-corrected chi connectivity index (χ3v) is 6.57. The van der Waals surface area contributed by atoms with Crippen LogP contribution in [0.2, 0.25) is 0 Å². The number of hydrogen-bond donors (Lipinski definition) is 1. The number of rotatable bonds is 7. The summed E-state index contributed by atoms with van der Waals surface area (Å²) < 4.78 is 51.3. The van der Waals surface area contributed by atoms with Crippen LogP contribution in [0.15, 0.2) is 59.5 Å². The minimum Gasteiger partial charge on any atom is -0.378 e. The molecule has 0 aliphatic rings. The smallest absolute Gasteiger partial charge is 0.208 e. The molecule has 0 amide bonds. The first-order chi connectivity index (χ1) is 11.6. The first-order valence-electron chi connectivity index (χ1n) is 7.62. The van der Waals surface area contributed by atoms with Crippen LogP contribution in [0.25, 0.3) is 0 Å². The van der Waals surface area contributed by atoms with Gasteiger partial charge in [0.1, 0.15) is 5.25 Å². The summed E-state index contributed by atoms with van der Waals surface area (Å²) in [6.07, 6.45) is 1.01. The predicted molar refractivity (Wildman–Crippen MR) is 100.0 cm³/mol. The van der Waals surface area contributed by atoms with E-state index in [0.717, 1.165) is 11.9 Å². The summed E-state index contributed by atoms with van der Waals surface area (Å²) in [5.74, 6) is 0. The minimum atomic E-state index is -3.75. The Morgan fingerprint density at radius 1 is 0.920 bits per heavy atom. The summed E-state index contributed by atoms with van der Waals surface area (Å²) in [5, 5.41) is -1.01. The molecule has 0 bridgehead atoms. The van der Waals surface area contributed by atoms with Gasteiger partial charge < -0.3 is 4.90 Å². The van der Waals surface area contributed by atoms with Gasteiger partial charge in [-0.3, -0.25) is 0 Å². The third kappa shape index (κ3) is 5.04. The molecule has 0 aliphatic heterocycles. The lowest BCUT2D eigenvalue weighted by Gasteiger charge is -2.20. The van der Waals surface area contributed by atoms with Crippen molar-refractivity contribution in [2.24, 2.45) is 0 Å². The van der Waals surface area contributed by atoms with Crippen LogP contribution < -0.4 is 9.62 Å². The molecule has 0 aromatic heterocycles. The van der Waals surface area contributed by atoms with Crippen LogP contribution in [0.5, 0.6) is 0 Å². The summed E-state index contributed by atoms with van der Waals surface area (Å²) in [6.45, 7) is -0.225. The van der Waals surface area contributed by atoms with Gasteiger partial charge >= 0.3 is 0 Å². The highest BCUT2D eigenvalue weighted by Crippen LogP contribution is 2.29. The highest BCUT2D eigenvalue weighted by Gasteiger charge is 2.29. The monoisotopic (exact) mass is 382 g/mol. The standard InChI is InChI=1S/C17H22N2O4S2/c1-19(2)15-11-9-14(10-12-15)17(13-18-24(3,20)21)25(22,23)16-7-5-4-6-8-16/h4-12,17-18H,13H2,1-3H3/t17-/m1/s1. The number of anilines is 1. The topological polar surface area (TPSA) is 83.6 Å². The lowest BCUT2D eigenvalue weighted by Crippen LogP contribution is -2.31. The molecule has 1 atom stereocenters. The van der Waals surface area contributed by atoms with Gasteiger partial charge in [0, 0.05) is 26.3 Å². The molecular weight excluding hydrogens is 360 g/mol. The lowest BCUT2D eigenvalue weighted by atomic mass is 10.1. The molecule has 8 heteroatoms. The van der Waals surface area contributed by atoms with Crippen molar-refractivity contribution in [2.75, 3.05) is 31.8 Å². The SMILES string of the molecule is CN(C)c1ccc([C@@H](CNS(C)(=O)=O)S(=O)(=O)c2ccccc2)cc1.